The highest BCUT2D eigenvalue weighted by atomic mass is 16.5. The van der Waals surface area contributed by atoms with Crippen molar-refractivity contribution in [3.05, 3.63) is 47.9 Å². The van der Waals surface area contributed by atoms with Crippen LogP contribution in [-0.2, 0) is 4.74 Å². The topological polar surface area (TPSA) is 109 Å². The van der Waals surface area contributed by atoms with Crippen LogP contribution in [0.25, 0.3) is 16.6 Å². The van der Waals surface area contributed by atoms with Crippen LogP contribution in [0.2, 0.25) is 0 Å². The Bertz CT molecular complexity index is 1100. The van der Waals surface area contributed by atoms with Crippen molar-refractivity contribution in [3.8, 4) is 6.07 Å². The van der Waals surface area contributed by atoms with Crippen LogP contribution < -0.4 is 11.1 Å². The van der Waals surface area contributed by atoms with E-state index in [1.165, 1.54) is 0 Å². The van der Waals surface area contributed by atoms with Gasteiger partial charge in [0.1, 0.15) is 0 Å². The number of allylic oxidation sites excluding steroid dienone is 4. The fraction of sp³-hybridized carbons (Fsp3) is 0.417. The second kappa shape index (κ2) is 8.48. The van der Waals surface area contributed by atoms with Crippen LogP contribution in [0.5, 0.6) is 0 Å². The first kappa shape index (κ1) is 19.7. The normalized spacial score (nSPS) is 24.6. The zero-order valence-corrected chi connectivity index (χ0v) is 17.4. The van der Waals surface area contributed by atoms with Crippen molar-refractivity contribution in [2.24, 2.45) is 22.6 Å². The number of anilines is 1. The van der Waals surface area contributed by atoms with E-state index in [0.717, 1.165) is 72.6 Å². The molecule has 0 unspecified atom stereocenters. The number of hydrogen-bond donors (Lipinski definition) is 2. The molecule has 2 heterocycles. The van der Waals surface area contributed by atoms with E-state index in [1.807, 2.05) is 30.5 Å². The second-order valence-corrected chi connectivity index (χ2v) is 8.63. The zero-order valence-electron chi connectivity index (χ0n) is 17.4. The van der Waals surface area contributed by atoms with Crippen molar-refractivity contribution in [2.45, 2.75) is 37.8 Å². The molecule has 0 atom stereocenters. The largest absolute Gasteiger partial charge is 0.401 e. The highest BCUT2D eigenvalue weighted by Gasteiger charge is 2.29. The molecule has 0 amide bonds. The average Bonchev–Trinajstić information content (AvgIpc) is 3.56. The second-order valence-electron chi connectivity index (χ2n) is 8.63. The summed E-state index contributed by atoms with van der Waals surface area (Å²) in [7, 11) is 0. The van der Waals surface area contributed by atoms with Gasteiger partial charge in [0.05, 0.1) is 54.3 Å². The van der Waals surface area contributed by atoms with Gasteiger partial charge in [0.25, 0.3) is 0 Å². The Balaban J connectivity index is 1.38. The molecular weight excluding hydrogens is 388 g/mol. The maximum absolute atomic E-state index is 8.66. The molecule has 7 nitrogen and oxygen atoms in total. The third kappa shape index (κ3) is 4.44. The third-order valence-electron chi connectivity index (χ3n) is 6.16. The Morgan fingerprint density at radius 2 is 2.10 bits per heavy atom. The number of nitrogens with two attached hydrogens (primary N) is 1. The van der Waals surface area contributed by atoms with Gasteiger partial charge in [-0.3, -0.25) is 9.98 Å². The molecule has 1 aromatic carbocycles. The number of aliphatic imine (C=N–C) groups is 1. The summed E-state index contributed by atoms with van der Waals surface area (Å²) in [5, 5.41) is 12.1. The molecule has 3 N–H and O–H groups in total. The summed E-state index contributed by atoms with van der Waals surface area (Å²) in [6.07, 6.45) is 11.4. The molecule has 158 valence electrons. The summed E-state index contributed by atoms with van der Waals surface area (Å²) in [6, 6.07) is 8.72. The Hall–Kier alpha value is -3.24. The van der Waals surface area contributed by atoms with Gasteiger partial charge in [0.2, 0.25) is 0 Å². The summed E-state index contributed by atoms with van der Waals surface area (Å²) in [6.45, 7) is 1.47. The molecule has 2 saturated carbocycles. The minimum atomic E-state index is 0.268. The summed E-state index contributed by atoms with van der Waals surface area (Å²) in [4.78, 5) is 14.3. The number of aromatic nitrogens is 2. The van der Waals surface area contributed by atoms with Crippen LogP contribution in [0.3, 0.4) is 0 Å². The molecule has 3 fully saturated rings. The van der Waals surface area contributed by atoms with E-state index in [1.54, 1.807) is 12.3 Å². The number of hydrogen-bond acceptors (Lipinski definition) is 7. The van der Waals surface area contributed by atoms with Crippen molar-refractivity contribution in [1.29, 1.82) is 5.26 Å². The van der Waals surface area contributed by atoms with Gasteiger partial charge >= 0.3 is 0 Å². The molecule has 3 aliphatic rings. The summed E-state index contributed by atoms with van der Waals surface area (Å²) in [5.41, 5.74) is 11.7. The molecule has 7 heteroatoms. The maximum atomic E-state index is 8.66. The number of rotatable bonds is 7. The fourth-order valence-electron chi connectivity index (χ4n) is 3.96. The van der Waals surface area contributed by atoms with E-state index in [9.17, 15) is 0 Å². The van der Waals surface area contributed by atoms with Gasteiger partial charge in [-0.1, -0.05) is 6.08 Å². The molecule has 0 bridgehead atoms. The van der Waals surface area contributed by atoms with E-state index in [-0.39, 0.29) is 6.04 Å². The van der Waals surface area contributed by atoms with Gasteiger partial charge in [-0.2, -0.15) is 5.26 Å². The Morgan fingerprint density at radius 3 is 2.81 bits per heavy atom. The molecule has 31 heavy (non-hydrogen) atoms. The smallest absolute Gasteiger partial charge is 0.0925 e. The van der Waals surface area contributed by atoms with E-state index >= 15 is 0 Å². The Labute approximate surface area is 181 Å². The average molecular weight is 415 g/mol. The standard InChI is InChI=1S/C24H26N6O/c25-7-1-2-15-8-18(9-15)27-11-20(24(26)16-3-4-16)23-12-28-21-6-5-17(10-22(21)30-23)29-19-13-31-14-19/h1-2,5-6,10-12,15-16,18-19,29H,3-4,8-9,13-14,26H2/b2-1+,24-20?,27-11?. The first-order valence-corrected chi connectivity index (χ1v) is 10.9. The number of ether oxygens (including phenoxy) is 1. The highest BCUT2D eigenvalue weighted by Crippen LogP contribution is 2.37. The van der Waals surface area contributed by atoms with Gasteiger partial charge in [-0.05, 0) is 55.7 Å². The van der Waals surface area contributed by atoms with Crippen molar-refractivity contribution < 1.29 is 4.74 Å². The highest BCUT2D eigenvalue weighted by molar-refractivity contribution is 6.10. The number of nitrogens with one attached hydrogen (secondary N) is 1. The molecule has 1 aliphatic heterocycles. The van der Waals surface area contributed by atoms with Crippen LogP contribution >= 0.6 is 0 Å². The van der Waals surface area contributed by atoms with E-state index in [2.05, 4.69) is 16.4 Å². The minimum absolute atomic E-state index is 0.268. The molecule has 1 saturated heterocycles. The number of nitriles is 1. The third-order valence-corrected chi connectivity index (χ3v) is 6.16. The van der Waals surface area contributed by atoms with Crippen LogP contribution in [0.4, 0.5) is 5.69 Å². The van der Waals surface area contributed by atoms with Gasteiger partial charge in [-0.15, -0.1) is 0 Å². The van der Waals surface area contributed by atoms with Crippen molar-refractivity contribution >= 4 is 28.5 Å². The predicted octanol–water partition coefficient (Wildman–Crippen LogP) is 3.45. The summed E-state index contributed by atoms with van der Waals surface area (Å²) in [5.74, 6) is 0.862. The summed E-state index contributed by atoms with van der Waals surface area (Å²) < 4.78 is 5.24. The molecule has 2 aromatic rings. The fourth-order valence-corrected chi connectivity index (χ4v) is 3.96. The van der Waals surface area contributed by atoms with E-state index in [0.29, 0.717) is 17.9 Å². The number of benzene rings is 1. The van der Waals surface area contributed by atoms with Gasteiger partial charge < -0.3 is 15.8 Å². The molecule has 0 radical (unpaired) electrons. The van der Waals surface area contributed by atoms with Crippen LogP contribution in [0.1, 0.15) is 31.4 Å². The molecule has 0 spiro atoms. The lowest BCUT2D eigenvalue weighted by molar-refractivity contribution is 0.0211. The van der Waals surface area contributed by atoms with Crippen LogP contribution in [-0.4, -0.2) is 41.5 Å². The monoisotopic (exact) mass is 414 g/mol. The quantitative estimate of drug-likeness (QED) is 0.530. The van der Waals surface area contributed by atoms with Gasteiger partial charge in [0.15, 0.2) is 0 Å². The van der Waals surface area contributed by atoms with Gasteiger partial charge in [0, 0.05) is 29.2 Å². The SMILES string of the molecule is N#C/C=C/C1CC(N=CC(=C(N)C2CC2)c2cnc3ccc(NC4COC4)cc3n2)C1. The first-order chi connectivity index (χ1) is 15.2. The predicted molar refractivity (Wildman–Crippen MR) is 121 cm³/mol. The number of fused-ring (bicyclic) bond motifs is 1. The number of nitrogens with zero attached hydrogens (tertiary/aromatic N) is 4. The van der Waals surface area contributed by atoms with Crippen LogP contribution in [0.15, 0.2) is 47.2 Å². The summed E-state index contributed by atoms with van der Waals surface area (Å²) >= 11 is 0. The van der Waals surface area contributed by atoms with E-state index in [4.69, 9.17) is 25.7 Å². The van der Waals surface area contributed by atoms with E-state index < -0.39 is 0 Å². The van der Waals surface area contributed by atoms with Crippen molar-refractivity contribution in [2.75, 3.05) is 18.5 Å². The van der Waals surface area contributed by atoms with Crippen molar-refractivity contribution in [3.63, 3.8) is 0 Å². The molecule has 2 aliphatic carbocycles. The van der Waals surface area contributed by atoms with Crippen molar-refractivity contribution in [1.82, 2.24) is 9.97 Å². The lowest BCUT2D eigenvalue weighted by Gasteiger charge is -2.30. The Kier molecular flexibility index (Phi) is 5.39. The minimum Gasteiger partial charge on any atom is -0.401 e. The lowest BCUT2D eigenvalue weighted by atomic mass is 9.80. The maximum Gasteiger partial charge on any atom is 0.0925 e. The molecular formula is C24H26N6O. The van der Waals surface area contributed by atoms with Crippen LogP contribution in [0, 0.1) is 23.2 Å². The van der Waals surface area contributed by atoms with Gasteiger partial charge in [-0.25, -0.2) is 4.98 Å². The molecule has 5 rings (SSSR count). The zero-order chi connectivity index (χ0) is 21.2. The molecule has 1 aromatic heterocycles. The first-order valence-electron chi connectivity index (χ1n) is 10.9. The lowest BCUT2D eigenvalue weighted by Crippen LogP contribution is -2.40. The Morgan fingerprint density at radius 1 is 1.26 bits per heavy atom.